The van der Waals surface area contributed by atoms with Crippen LogP contribution < -0.4 is 4.18 Å². The number of rotatable bonds is 8. The minimum Gasteiger partial charge on any atom is -0.467 e. The minimum atomic E-state index is -4.70. The fraction of sp³-hybridized carbons (Fsp3) is 0.115. The van der Waals surface area contributed by atoms with Gasteiger partial charge in [0.2, 0.25) is 0 Å². The Morgan fingerprint density at radius 2 is 1.65 bits per heavy atom. The van der Waals surface area contributed by atoms with E-state index >= 15 is 0 Å². The third-order valence-corrected chi connectivity index (χ3v) is 6.84. The Kier molecular flexibility index (Phi) is 7.60. The van der Waals surface area contributed by atoms with Crippen LogP contribution in [-0.2, 0) is 29.4 Å². The average molecular weight is 550 g/mol. The molecular weight excluding hydrogens is 531 g/mol. The standard InChI is InChI=1S/C26H19ClF3NO5S/c27-24-9-2-1-8-23(24)25(32)31(17-21-6-4-14-35-21)16-18-10-12-20(13-11-18)36-37(33,34)22-7-3-5-19(15-22)26(28,29)30/h1-15H,16-17H2. The highest BCUT2D eigenvalue weighted by Crippen LogP contribution is 2.31. The van der Waals surface area contributed by atoms with Crippen molar-refractivity contribution < 1.29 is 35.0 Å². The Balaban J connectivity index is 1.52. The number of carbonyl (C=O) groups excluding carboxylic acids is 1. The molecule has 0 spiro atoms. The van der Waals surface area contributed by atoms with Gasteiger partial charge in [0.25, 0.3) is 5.91 Å². The van der Waals surface area contributed by atoms with Crippen molar-refractivity contribution >= 4 is 27.6 Å². The zero-order valence-corrected chi connectivity index (χ0v) is 20.6. The summed E-state index contributed by atoms with van der Waals surface area (Å²) in [5, 5.41) is 0.292. The fourth-order valence-electron chi connectivity index (χ4n) is 3.47. The highest BCUT2D eigenvalue weighted by Gasteiger charge is 2.32. The first-order valence-electron chi connectivity index (χ1n) is 10.8. The van der Waals surface area contributed by atoms with Gasteiger partial charge in [0.1, 0.15) is 16.4 Å². The molecule has 0 radical (unpaired) electrons. The third kappa shape index (κ3) is 6.52. The van der Waals surface area contributed by atoms with E-state index in [1.54, 1.807) is 48.5 Å². The highest BCUT2D eigenvalue weighted by molar-refractivity contribution is 7.87. The molecule has 0 fully saturated rings. The van der Waals surface area contributed by atoms with E-state index in [4.69, 9.17) is 20.2 Å². The first kappa shape index (κ1) is 26.3. The number of furan rings is 1. The predicted octanol–water partition coefficient (Wildman–Crippen LogP) is 6.56. The van der Waals surface area contributed by atoms with E-state index in [-0.39, 0.29) is 24.7 Å². The molecule has 6 nitrogen and oxygen atoms in total. The number of halogens is 4. The molecule has 0 atom stereocenters. The second-order valence-corrected chi connectivity index (χ2v) is 9.88. The number of hydrogen-bond acceptors (Lipinski definition) is 5. The first-order chi connectivity index (χ1) is 17.5. The molecule has 1 aromatic heterocycles. The van der Waals surface area contributed by atoms with Crippen LogP contribution in [0.15, 0.2) is 101 Å². The van der Waals surface area contributed by atoms with Crippen molar-refractivity contribution in [1.82, 2.24) is 4.90 Å². The van der Waals surface area contributed by atoms with Crippen LogP contribution in [0.25, 0.3) is 0 Å². The lowest BCUT2D eigenvalue weighted by Crippen LogP contribution is -2.30. The van der Waals surface area contributed by atoms with Gasteiger partial charge in [-0.25, -0.2) is 0 Å². The minimum absolute atomic E-state index is 0.101. The van der Waals surface area contributed by atoms with Crippen molar-refractivity contribution in [2.24, 2.45) is 0 Å². The van der Waals surface area contributed by atoms with E-state index in [1.165, 1.54) is 23.3 Å². The maximum absolute atomic E-state index is 13.2. The lowest BCUT2D eigenvalue weighted by atomic mass is 10.1. The van der Waals surface area contributed by atoms with Crippen molar-refractivity contribution in [3.8, 4) is 5.75 Å². The molecule has 11 heteroatoms. The second kappa shape index (κ2) is 10.7. The van der Waals surface area contributed by atoms with Gasteiger partial charge in [0.15, 0.2) is 0 Å². The van der Waals surface area contributed by atoms with Gasteiger partial charge in [-0.2, -0.15) is 21.6 Å². The number of benzene rings is 3. The maximum atomic E-state index is 13.2. The highest BCUT2D eigenvalue weighted by atomic mass is 35.5. The van der Waals surface area contributed by atoms with E-state index in [0.717, 1.165) is 18.2 Å². The Hall–Kier alpha value is -3.76. The van der Waals surface area contributed by atoms with Crippen LogP contribution in [0, 0.1) is 0 Å². The molecule has 4 aromatic rings. The summed E-state index contributed by atoms with van der Waals surface area (Å²) >= 11 is 6.21. The topological polar surface area (TPSA) is 76.8 Å². The van der Waals surface area contributed by atoms with Gasteiger partial charge in [-0.15, -0.1) is 0 Å². The molecule has 3 aromatic carbocycles. The number of carbonyl (C=O) groups is 1. The number of nitrogens with zero attached hydrogens (tertiary/aromatic N) is 1. The van der Waals surface area contributed by atoms with Gasteiger partial charge in [-0.1, -0.05) is 41.9 Å². The molecule has 4 rings (SSSR count). The van der Waals surface area contributed by atoms with Crippen LogP contribution in [0.4, 0.5) is 13.2 Å². The van der Waals surface area contributed by atoms with Crippen LogP contribution in [0.1, 0.15) is 27.2 Å². The summed E-state index contributed by atoms with van der Waals surface area (Å²) in [6.07, 6.45) is -3.21. The largest absolute Gasteiger partial charge is 0.467 e. The summed E-state index contributed by atoms with van der Waals surface area (Å²) in [4.78, 5) is 14.1. The molecule has 0 bridgehead atoms. The van der Waals surface area contributed by atoms with Crippen molar-refractivity contribution in [2.75, 3.05) is 0 Å². The lowest BCUT2D eigenvalue weighted by Gasteiger charge is -2.22. The molecule has 192 valence electrons. The van der Waals surface area contributed by atoms with Gasteiger partial charge >= 0.3 is 16.3 Å². The number of amides is 1. The summed E-state index contributed by atoms with van der Waals surface area (Å²) in [5.41, 5.74) is -0.161. The fourth-order valence-corrected chi connectivity index (χ4v) is 4.66. The van der Waals surface area contributed by atoms with Gasteiger partial charge in [0.05, 0.1) is 29.0 Å². The van der Waals surface area contributed by atoms with E-state index in [0.29, 0.717) is 28.0 Å². The van der Waals surface area contributed by atoms with Crippen LogP contribution in [0.5, 0.6) is 5.75 Å². The first-order valence-corrected chi connectivity index (χ1v) is 12.6. The van der Waals surface area contributed by atoms with Gasteiger partial charge in [-0.3, -0.25) is 4.79 Å². The average Bonchev–Trinajstić information content (AvgIpc) is 3.37. The van der Waals surface area contributed by atoms with E-state index in [9.17, 15) is 26.4 Å². The van der Waals surface area contributed by atoms with Crippen molar-refractivity contribution in [3.05, 3.63) is 119 Å². The van der Waals surface area contributed by atoms with E-state index in [2.05, 4.69) is 0 Å². The molecule has 1 heterocycles. The number of alkyl halides is 3. The Morgan fingerprint density at radius 3 is 2.30 bits per heavy atom. The summed E-state index contributed by atoms with van der Waals surface area (Å²) in [6.45, 7) is 0.282. The SMILES string of the molecule is O=C(c1ccccc1Cl)N(Cc1ccc(OS(=O)(=O)c2cccc(C(F)(F)F)c2)cc1)Cc1ccco1. The van der Waals surface area contributed by atoms with Crippen molar-refractivity contribution in [1.29, 1.82) is 0 Å². The van der Waals surface area contributed by atoms with Crippen LogP contribution >= 0.6 is 11.6 Å². The summed E-state index contributed by atoms with van der Waals surface area (Å²) in [6, 6.07) is 19.1. The van der Waals surface area contributed by atoms with E-state index < -0.39 is 26.8 Å². The second-order valence-electron chi connectivity index (χ2n) is 7.93. The number of hydrogen-bond donors (Lipinski definition) is 0. The van der Waals surface area contributed by atoms with Crippen molar-refractivity contribution in [2.45, 2.75) is 24.2 Å². The zero-order chi connectivity index (χ0) is 26.6. The van der Waals surface area contributed by atoms with E-state index in [1.807, 2.05) is 0 Å². The molecule has 0 saturated carbocycles. The zero-order valence-electron chi connectivity index (χ0n) is 19.0. The molecule has 0 aliphatic carbocycles. The quantitative estimate of drug-likeness (QED) is 0.233. The third-order valence-electron chi connectivity index (χ3n) is 5.27. The monoisotopic (exact) mass is 549 g/mol. The smallest absolute Gasteiger partial charge is 0.416 e. The molecule has 0 saturated heterocycles. The molecule has 0 unspecified atom stereocenters. The molecular formula is C26H19ClF3NO5S. The predicted molar refractivity (Wildman–Crippen MR) is 129 cm³/mol. The molecule has 0 N–H and O–H groups in total. The van der Waals surface area contributed by atoms with Crippen LogP contribution in [0.2, 0.25) is 5.02 Å². The summed E-state index contributed by atoms with van der Waals surface area (Å²) in [5.74, 6) is 0.109. The van der Waals surface area contributed by atoms with Crippen LogP contribution in [0.3, 0.4) is 0 Å². The molecule has 1 amide bonds. The normalized spacial score (nSPS) is 11.8. The Morgan fingerprint density at radius 1 is 0.919 bits per heavy atom. The molecule has 0 aliphatic heterocycles. The molecule has 37 heavy (non-hydrogen) atoms. The summed E-state index contributed by atoms with van der Waals surface area (Å²) in [7, 11) is -4.51. The van der Waals surface area contributed by atoms with Gasteiger partial charge < -0.3 is 13.5 Å². The Labute approximate surface area is 216 Å². The summed E-state index contributed by atoms with van der Waals surface area (Å²) < 4.78 is 74.4. The van der Waals surface area contributed by atoms with Crippen molar-refractivity contribution in [3.63, 3.8) is 0 Å². The van der Waals surface area contributed by atoms with Crippen LogP contribution in [-0.4, -0.2) is 19.2 Å². The van der Waals surface area contributed by atoms with Gasteiger partial charge in [-0.05, 0) is 60.2 Å². The Bertz CT molecular complexity index is 1490. The maximum Gasteiger partial charge on any atom is 0.416 e. The molecule has 0 aliphatic rings. The lowest BCUT2D eigenvalue weighted by molar-refractivity contribution is -0.137. The van der Waals surface area contributed by atoms with Gasteiger partial charge in [0, 0.05) is 6.54 Å².